The molecule has 0 spiro atoms. The van der Waals surface area contributed by atoms with E-state index in [1.165, 1.54) is 0 Å². The van der Waals surface area contributed by atoms with Crippen LogP contribution in [-0.4, -0.2) is 41.1 Å². The topological polar surface area (TPSA) is 91.4 Å². The van der Waals surface area contributed by atoms with Crippen LogP contribution in [0.5, 0.6) is 0 Å². The number of pyridine rings is 1. The number of nitrogens with zero attached hydrogens (tertiary/aromatic N) is 5. The van der Waals surface area contributed by atoms with Crippen molar-refractivity contribution in [3.8, 4) is 11.4 Å². The molecule has 0 fully saturated rings. The van der Waals surface area contributed by atoms with E-state index in [1.807, 2.05) is 73.6 Å². The first-order valence-electron chi connectivity index (χ1n) is 10.9. The van der Waals surface area contributed by atoms with Crippen molar-refractivity contribution in [3.05, 3.63) is 90.6 Å². The number of aromatic amines is 1. The zero-order valence-corrected chi connectivity index (χ0v) is 19.0. The number of aromatic nitrogens is 4. The molecule has 5 rings (SSSR count). The average Bonchev–Trinajstić information content (AvgIpc) is 3.56. The molecule has 2 N–H and O–H groups in total. The lowest BCUT2D eigenvalue weighted by Gasteiger charge is -2.24. The third-order valence-corrected chi connectivity index (χ3v) is 5.34. The predicted molar refractivity (Wildman–Crippen MR) is 131 cm³/mol. The lowest BCUT2D eigenvalue weighted by atomic mass is 10.2. The molecule has 1 aliphatic rings. The summed E-state index contributed by atoms with van der Waals surface area (Å²) >= 11 is 0. The summed E-state index contributed by atoms with van der Waals surface area (Å²) in [5, 5.41) is 11.9. The molecule has 4 aromatic rings. The molecule has 0 unspecified atom stereocenters. The average molecular weight is 456 g/mol. The van der Waals surface area contributed by atoms with Crippen LogP contribution in [0, 0.1) is 0 Å². The van der Waals surface area contributed by atoms with Crippen LogP contribution in [0.3, 0.4) is 0 Å². The molecule has 1 aliphatic heterocycles. The van der Waals surface area contributed by atoms with Crippen molar-refractivity contribution >= 4 is 23.1 Å². The lowest BCUT2D eigenvalue weighted by molar-refractivity contribution is 0.0781. The van der Waals surface area contributed by atoms with E-state index in [0.717, 1.165) is 22.5 Å². The van der Waals surface area contributed by atoms with E-state index < -0.39 is 0 Å². The molecule has 9 heteroatoms. The van der Waals surface area contributed by atoms with Crippen LogP contribution in [0.4, 0.5) is 23.1 Å². The fourth-order valence-corrected chi connectivity index (χ4v) is 3.61. The minimum Gasteiger partial charge on any atom is -0.459 e. The van der Waals surface area contributed by atoms with Gasteiger partial charge in [-0.05, 0) is 42.0 Å². The smallest absolute Gasteiger partial charge is 0.234 e. The normalized spacial score (nSPS) is 12.5. The Hall–Kier alpha value is -4.53. The number of anilines is 4. The molecule has 2 aromatic heterocycles. The van der Waals surface area contributed by atoms with Gasteiger partial charge < -0.3 is 24.7 Å². The number of hydrogen-bond donors (Lipinski definition) is 2. The van der Waals surface area contributed by atoms with Gasteiger partial charge in [0, 0.05) is 31.7 Å². The van der Waals surface area contributed by atoms with Crippen LogP contribution >= 0.6 is 0 Å². The lowest BCUT2D eigenvalue weighted by Crippen LogP contribution is -2.24. The van der Waals surface area contributed by atoms with Crippen molar-refractivity contribution in [1.82, 2.24) is 20.2 Å². The van der Waals surface area contributed by atoms with Gasteiger partial charge in [0.1, 0.15) is 12.1 Å². The van der Waals surface area contributed by atoms with Gasteiger partial charge >= 0.3 is 0 Å². The molecular formula is C25H25N7O2. The molecule has 172 valence electrons. The first kappa shape index (κ1) is 21.3. The molecule has 0 saturated carbocycles. The van der Waals surface area contributed by atoms with Crippen LogP contribution in [0.1, 0.15) is 5.56 Å². The Morgan fingerprint density at radius 1 is 0.971 bits per heavy atom. The van der Waals surface area contributed by atoms with Gasteiger partial charge in [0.15, 0.2) is 5.82 Å². The van der Waals surface area contributed by atoms with Crippen molar-refractivity contribution in [2.75, 3.05) is 36.0 Å². The summed E-state index contributed by atoms with van der Waals surface area (Å²) in [7, 11) is 4.02. The molecule has 0 saturated heterocycles. The Morgan fingerprint density at radius 2 is 1.79 bits per heavy atom. The molecule has 9 nitrogen and oxygen atoms in total. The first-order chi connectivity index (χ1) is 16.7. The number of rotatable bonds is 8. The number of hydrogen-bond acceptors (Lipinski definition) is 8. The largest absolute Gasteiger partial charge is 0.459 e. The number of ether oxygens (including phenoxy) is 2. The summed E-state index contributed by atoms with van der Waals surface area (Å²) in [6.07, 6.45) is 3.35. The minimum absolute atomic E-state index is 0.172. The monoisotopic (exact) mass is 455 g/mol. The van der Waals surface area contributed by atoms with Gasteiger partial charge in [-0.3, -0.25) is 4.90 Å². The fourth-order valence-electron chi connectivity index (χ4n) is 3.61. The van der Waals surface area contributed by atoms with Crippen LogP contribution in [0.2, 0.25) is 0 Å². The summed E-state index contributed by atoms with van der Waals surface area (Å²) < 4.78 is 11.0. The maximum atomic E-state index is 5.71. The SMILES string of the molecule is CN(C)c1ccc(Nc2nnc(-c3cccnc3N(Cc3ccccc3)C3=COCO3)[nH]2)cc1. The summed E-state index contributed by atoms with van der Waals surface area (Å²) in [5.41, 5.74) is 3.93. The molecule has 3 heterocycles. The molecule has 0 aliphatic carbocycles. The van der Waals surface area contributed by atoms with Crippen molar-refractivity contribution in [2.24, 2.45) is 0 Å². The van der Waals surface area contributed by atoms with Crippen molar-refractivity contribution in [1.29, 1.82) is 0 Å². The Balaban J connectivity index is 1.43. The van der Waals surface area contributed by atoms with Gasteiger partial charge in [-0.15, -0.1) is 10.2 Å². The molecule has 0 atom stereocenters. The van der Waals surface area contributed by atoms with Gasteiger partial charge in [0.25, 0.3) is 0 Å². The zero-order valence-electron chi connectivity index (χ0n) is 19.0. The molecule has 0 amide bonds. The van der Waals surface area contributed by atoms with Crippen LogP contribution in [0.25, 0.3) is 11.4 Å². The quantitative estimate of drug-likeness (QED) is 0.402. The van der Waals surface area contributed by atoms with E-state index in [2.05, 4.69) is 42.5 Å². The van der Waals surface area contributed by atoms with E-state index in [9.17, 15) is 0 Å². The molecular weight excluding hydrogens is 430 g/mol. The van der Waals surface area contributed by atoms with Gasteiger partial charge in [-0.25, -0.2) is 4.98 Å². The van der Waals surface area contributed by atoms with Gasteiger partial charge in [0.2, 0.25) is 18.6 Å². The highest BCUT2D eigenvalue weighted by Gasteiger charge is 2.24. The Morgan fingerprint density at radius 3 is 2.53 bits per heavy atom. The Labute approximate surface area is 197 Å². The van der Waals surface area contributed by atoms with E-state index in [0.29, 0.717) is 30.0 Å². The van der Waals surface area contributed by atoms with Crippen molar-refractivity contribution in [2.45, 2.75) is 6.54 Å². The van der Waals surface area contributed by atoms with E-state index in [-0.39, 0.29) is 6.79 Å². The molecule has 2 aromatic carbocycles. The standard InChI is InChI=1S/C25H25N7O2/c1-31(2)20-12-10-19(11-13-20)27-25-28-23(29-30-25)21-9-6-14-26-24(21)32(22-16-33-17-34-22)15-18-7-4-3-5-8-18/h3-14,16H,15,17H2,1-2H3,(H2,27,28,29,30). The summed E-state index contributed by atoms with van der Waals surface area (Å²) in [4.78, 5) is 11.9. The zero-order chi connectivity index (χ0) is 23.3. The number of benzene rings is 2. The second-order valence-corrected chi connectivity index (χ2v) is 7.92. The van der Waals surface area contributed by atoms with Crippen LogP contribution in [0.15, 0.2) is 85.1 Å². The van der Waals surface area contributed by atoms with Gasteiger partial charge in [-0.1, -0.05) is 30.3 Å². The highest BCUT2D eigenvalue weighted by atomic mass is 16.7. The maximum absolute atomic E-state index is 5.71. The van der Waals surface area contributed by atoms with Crippen molar-refractivity contribution in [3.63, 3.8) is 0 Å². The summed E-state index contributed by atoms with van der Waals surface area (Å²) in [5.74, 6) is 2.40. The molecule has 0 radical (unpaired) electrons. The summed E-state index contributed by atoms with van der Waals surface area (Å²) in [6, 6.07) is 22.0. The van der Waals surface area contributed by atoms with E-state index in [1.54, 1.807) is 12.5 Å². The minimum atomic E-state index is 0.172. The maximum Gasteiger partial charge on any atom is 0.234 e. The van der Waals surface area contributed by atoms with E-state index in [4.69, 9.17) is 9.47 Å². The molecule has 34 heavy (non-hydrogen) atoms. The fraction of sp³-hybridized carbons (Fsp3) is 0.160. The van der Waals surface area contributed by atoms with Crippen LogP contribution < -0.4 is 15.1 Å². The van der Waals surface area contributed by atoms with Crippen molar-refractivity contribution < 1.29 is 9.47 Å². The second-order valence-electron chi connectivity index (χ2n) is 7.92. The predicted octanol–water partition coefficient (Wildman–Crippen LogP) is 4.49. The number of nitrogens with one attached hydrogen (secondary N) is 2. The third-order valence-electron chi connectivity index (χ3n) is 5.34. The Kier molecular flexibility index (Phi) is 5.98. The number of H-pyrrole nitrogens is 1. The van der Waals surface area contributed by atoms with Gasteiger partial charge in [0.05, 0.1) is 12.1 Å². The summed E-state index contributed by atoms with van der Waals surface area (Å²) in [6.45, 7) is 0.725. The molecule has 0 bridgehead atoms. The van der Waals surface area contributed by atoms with Gasteiger partial charge in [-0.2, -0.15) is 0 Å². The van der Waals surface area contributed by atoms with E-state index >= 15 is 0 Å². The van der Waals surface area contributed by atoms with Crippen LogP contribution in [-0.2, 0) is 16.0 Å². The highest BCUT2D eigenvalue weighted by molar-refractivity contribution is 5.73. The Bertz CT molecular complexity index is 1270. The third kappa shape index (κ3) is 4.63. The second kappa shape index (κ2) is 9.53. The highest BCUT2D eigenvalue weighted by Crippen LogP contribution is 2.32. The first-order valence-corrected chi connectivity index (χ1v) is 10.9.